The fourth-order valence-corrected chi connectivity index (χ4v) is 3.31. The summed E-state index contributed by atoms with van der Waals surface area (Å²) in [5.74, 6) is 1.39. The third-order valence-corrected chi connectivity index (χ3v) is 4.48. The van der Waals surface area contributed by atoms with E-state index >= 15 is 0 Å². The summed E-state index contributed by atoms with van der Waals surface area (Å²) in [6.45, 7) is 7.14. The smallest absolute Gasteiger partial charge is 0.219 e. The molecule has 0 bridgehead atoms. The summed E-state index contributed by atoms with van der Waals surface area (Å²) in [5, 5.41) is 3.99. The highest BCUT2D eigenvalue weighted by Crippen LogP contribution is 2.26. The van der Waals surface area contributed by atoms with Gasteiger partial charge in [-0.25, -0.2) is 9.97 Å². The van der Waals surface area contributed by atoms with Gasteiger partial charge in [-0.15, -0.1) is 0 Å². The van der Waals surface area contributed by atoms with Crippen LogP contribution in [0.1, 0.15) is 36.9 Å². The van der Waals surface area contributed by atoms with Gasteiger partial charge in [0.2, 0.25) is 5.91 Å². The van der Waals surface area contributed by atoms with E-state index in [1.165, 1.54) is 0 Å². The van der Waals surface area contributed by atoms with Crippen molar-refractivity contribution in [2.24, 2.45) is 5.92 Å². The number of amides is 1. The van der Waals surface area contributed by atoms with Crippen LogP contribution in [0.4, 0.5) is 0 Å². The van der Waals surface area contributed by atoms with Gasteiger partial charge in [-0.1, -0.05) is 5.16 Å². The van der Waals surface area contributed by atoms with Crippen LogP contribution >= 0.6 is 0 Å². The lowest BCUT2D eigenvalue weighted by molar-refractivity contribution is -0.130. The fourth-order valence-electron chi connectivity index (χ4n) is 3.31. The summed E-state index contributed by atoms with van der Waals surface area (Å²) in [5.41, 5.74) is 3.64. The number of hydrogen-bond donors (Lipinski definition) is 0. The number of rotatable bonds is 3. The molecule has 0 radical (unpaired) electrons. The number of carbonyl (C=O) groups excluding carboxylic acids is 1. The third-order valence-electron chi connectivity index (χ3n) is 4.48. The van der Waals surface area contributed by atoms with Crippen LogP contribution in [0.3, 0.4) is 0 Å². The zero-order valence-corrected chi connectivity index (χ0v) is 13.9. The van der Waals surface area contributed by atoms with Crippen LogP contribution in [0.5, 0.6) is 0 Å². The van der Waals surface area contributed by atoms with Crippen LogP contribution in [0.2, 0.25) is 0 Å². The third kappa shape index (κ3) is 3.41. The van der Waals surface area contributed by atoms with Gasteiger partial charge >= 0.3 is 0 Å². The first kappa shape index (κ1) is 15.6. The SMILES string of the molecule is CC(=O)N1CCC[C@H](Cc2cc(-c3c(C)noc3C)ncn2)C1. The minimum absolute atomic E-state index is 0.161. The zero-order valence-electron chi connectivity index (χ0n) is 13.9. The highest BCUT2D eigenvalue weighted by atomic mass is 16.5. The lowest BCUT2D eigenvalue weighted by atomic mass is 9.93. The number of hydrogen-bond acceptors (Lipinski definition) is 5. The molecule has 2 aromatic heterocycles. The predicted octanol–water partition coefficient (Wildman–Crippen LogP) is 2.55. The molecule has 0 unspecified atom stereocenters. The summed E-state index contributed by atoms with van der Waals surface area (Å²) >= 11 is 0. The average Bonchev–Trinajstić information content (AvgIpc) is 2.87. The second kappa shape index (κ2) is 6.48. The molecule has 23 heavy (non-hydrogen) atoms. The first-order chi connectivity index (χ1) is 11.0. The van der Waals surface area contributed by atoms with Gasteiger partial charge in [0.25, 0.3) is 0 Å². The molecule has 1 atom stereocenters. The van der Waals surface area contributed by atoms with E-state index in [-0.39, 0.29) is 5.91 Å². The van der Waals surface area contributed by atoms with E-state index in [2.05, 4.69) is 15.1 Å². The zero-order chi connectivity index (χ0) is 16.4. The lowest BCUT2D eigenvalue weighted by Crippen LogP contribution is -2.39. The second-order valence-electron chi connectivity index (χ2n) is 6.27. The Balaban J connectivity index is 1.77. The molecule has 2 aromatic rings. The van der Waals surface area contributed by atoms with Crippen molar-refractivity contribution in [1.82, 2.24) is 20.0 Å². The summed E-state index contributed by atoms with van der Waals surface area (Å²) in [6.07, 6.45) is 4.66. The first-order valence-electron chi connectivity index (χ1n) is 8.04. The average molecular weight is 314 g/mol. The molecule has 0 aromatic carbocycles. The van der Waals surface area contributed by atoms with Gasteiger partial charge in [-0.3, -0.25) is 4.79 Å². The van der Waals surface area contributed by atoms with Crippen molar-refractivity contribution < 1.29 is 9.32 Å². The molecule has 0 aliphatic carbocycles. The highest BCUT2D eigenvalue weighted by molar-refractivity contribution is 5.73. The van der Waals surface area contributed by atoms with Gasteiger partial charge in [-0.2, -0.15) is 0 Å². The summed E-state index contributed by atoms with van der Waals surface area (Å²) in [7, 11) is 0. The molecule has 1 aliphatic heterocycles. The molecule has 3 rings (SSSR count). The molecule has 6 heteroatoms. The van der Waals surface area contributed by atoms with Crippen molar-refractivity contribution in [3.63, 3.8) is 0 Å². The van der Waals surface area contributed by atoms with Gasteiger partial charge in [0, 0.05) is 25.7 Å². The number of carbonyl (C=O) groups is 1. The highest BCUT2D eigenvalue weighted by Gasteiger charge is 2.22. The molecule has 3 heterocycles. The Labute approximate surface area is 135 Å². The van der Waals surface area contributed by atoms with Crippen molar-refractivity contribution >= 4 is 5.91 Å². The van der Waals surface area contributed by atoms with Crippen LogP contribution in [-0.4, -0.2) is 39.0 Å². The Hall–Kier alpha value is -2.24. The minimum atomic E-state index is 0.161. The van der Waals surface area contributed by atoms with Crippen molar-refractivity contribution in [3.8, 4) is 11.3 Å². The van der Waals surface area contributed by atoms with Gasteiger partial charge in [0.15, 0.2) is 0 Å². The van der Waals surface area contributed by atoms with E-state index in [1.54, 1.807) is 13.3 Å². The topological polar surface area (TPSA) is 72.1 Å². The molecule has 1 fully saturated rings. The van der Waals surface area contributed by atoms with E-state index in [1.807, 2.05) is 24.8 Å². The van der Waals surface area contributed by atoms with E-state index in [4.69, 9.17) is 4.52 Å². The van der Waals surface area contributed by atoms with E-state index in [9.17, 15) is 4.79 Å². The molecule has 1 saturated heterocycles. The van der Waals surface area contributed by atoms with Gasteiger partial charge < -0.3 is 9.42 Å². The largest absolute Gasteiger partial charge is 0.361 e. The Morgan fingerprint density at radius 2 is 2.22 bits per heavy atom. The standard InChI is InChI=1S/C17H22N4O2/c1-11-17(12(2)23-20-11)16-8-15(18-10-19-16)7-14-5-4-6-21(9-14)13(3)22/h8,10,14H,4-7,9H2,1-3H3/t14-/m1/s1. The minimum Gasteiger partial charge on any atom is -0.361 e. The molecule has 0 saturated carbocycles. The van der Waals surface area contributed by atoms with Crippen LogP contribution in [0, 0.1) is 19.8 Å². The maximum Gasteiger partial charge on any atom is 0.219 e. The molecule has 1 aliphatic rings. The Morgan fingerprint density at radius 3 is 2.91 bits per heavy atom. The van der Waals surface area contributed by atoms with Gasteiger partial charge in [0.1, 0.15) is 12.1 Å². The van der Waals surface area contributed by atoms with Crippen molar-refractivity contribution in [2.45, 2.75) is 40.0 Å². The monoisotopic (exact) mass is 314 g/mol. The maximum absolute atomic E-state index is 11.6. The molecule has 0 N–H and O–H groups in total. The van der Waals surface area contributed by atoms with Gasteiger partial charge in [-0.05, 0) is 45.1 Å². The first-order valence-corrected chi connectivity index (χ1v) is 8.04. The second-order valence-corrected chi connectivity index (χ2v) is 6.27. The number of piperidine rings is 1. The van der Waals surface area contributed by atoms with Crippen molar-refractivity contribution in [1.29, 1.82) is 0 Å². The fraction of sp³-hybridized carbons (Fsp3) is 0.529. The normalized spacial score (nSPS) is 18.2. The number of nitrogens with zero attached hydrogens (tertiary/aromatic N) is 4. The summed E-state index contributed by atoms with van der Waals surface area (Å²) < 4.78 is 5.23. The number of likely N-dealkylation sites (tertiary alicyclic amines) is 1. The molecule has 122 valence electrons. The van der Waals surface area contributed by atoms with E-state index in [0.717, 1.165) is 60.8 Å². The predicted molar refractivity (Wildman–Crippen MR) is 85.7 cm³/mol. The number of aromatic nitrogens is 3. The molecular weight excluding hydrogens is 292 g/mol. The summed E-state index contributed by atoms with van der Waals surface area (Å²) in [4.78, 5) is 22.3. The van der Waals surface area contributed by atoms with Gasteiger partial charge in [0.05, 0.1) is 17.0 Å². The molecule has 6 nitrogen and oxygen atoms in total. The maximum atomic E-state index is 11.6. The molecule has 1 amide bonds. The van der Waals surface area contributed by atoms with E-state index in [0.29, 0.717) is 5.92 Å². The molecule has 0 spiro atoms. The Kier molecular flexibility index (Phi) is 4.41. The van der Waals surface area contributed by atoms with Crippen LogP contribution in [0.15, 0.2) is 16.9 Å². The van der Waals surface area contributed by atoms with Crippen molar-refractivity contribution in [2.75, 3.05) is 13.1 Å². The van der Waals surface area contributed by atoms with Crippen LogP contribution in [0.25, 0.3) is 11.3 Å². The lowest BCUT2D eigenvalue weighted by Gasteiger charge is -2.31. The van der Waals surface area contributed by atoms with E-state index < -0.39 is 0 Å². The van der Waals surface area contributed by atoms with Crippen LogP contribution < -0.4 is 0 Å². The Bertz CT molecular complexity index is 691. The molecular formula is C17H22N4O2. The Morgan fingerprint density at radius 1 is 1.39 bits per heavy atom. The number of aryl methyl sites for hydroxylation is 2. The summed E-state index contributed by atoms with van der Waals surface area (Å²) in [6, 6.07) is 2.01. The van der Waals surface area contributed by atoms with Crippen molar-refractivity contribution in [3.05, 3.63) is 29.5 Å². The quantitative estimate of drug-likeness (QED) is 0.870. The van der Waals surface area contributed by atoms with Crippen LogP contribution in [-0.2, 0) is 11.2 Å².